The van der Waals surface area contributed by atoms with Crippen molar-refractivity contribution in [2.75, 3.05) is 25.0 Å². The third-order valence-electron chi connectivity index (χ3n) is 3.54. The van der Waals surface area contributed by atoms with Gasteiger partial charge >= 0.3 is 0 Å². The third kappa shape index (κ3) is 3.91. The second-order valence-electron chi connectivity index (χ2n) is 4.94. The summed E-state index contributed by atoms with van der Waals surface area (Å²) in [6.45, 7) is 1.59. The van der Waals surface area contributed by atoms with Gasteiger partial charge in [0.25, 0.3) is 0 Å². The van der Waals surface area contributed by atoms with Crippen LogP contribution >= 0.6 is 11.6 Å². The van der Waals surface area contributed by atoms with E-state index in [0.29, 0.717) is 11.6 Å². The van der Waals surface area contributed by atoms with E-state index in [1.807, 2.05) is 0 Å². The van der Waals surface area contributed by atoms with Gasteiger partial charge in [-0.25, -0.2) is 4.39 Å². The van der Waals surface area contributed by atoms with Crippen molar-refractivity contribution >= 4 is 23.2 Å². The molecule has 0 unspecified atom stereocenters. The van der Waals surface area contributed by atoms with Crippen molar-refractivity contribution in [2.45, 2.75) is 25.3 Å². The van der Waals surface area contributed by atoms with Gasteiger partial charge in [-0.1, -0.05) is 11.6 Å². The number of hydrogen-bond donors (Lipinski definition) is 2. The minimum Gasteiger partial charge on any atom is -0.395 e. The van der Waals surface area contributed by atoms with Crippen molar-refractivity contribution in [1.29, 1.82) is 0 Å². The molecular formula is C14H18ClFN2O2. The van der Waals surface area contributed by atoms with Gasteiger partial charge in [0.1, 0.15) is 5.82 Å². The third-order valence-corrected chi connectivity index (χ3v) is 3.78. The van der Waals surface area contributed by atoms with Crippen molar-refractivity contribution in [3.8, 4) is 0 Å². The molecule has 1 aliphatic heterocycles. The molecule has 20 heavy (non-hydrogen) atoms. The van der Waals surface area contributed by atoms with Crippen LogP contribution in [0.4, 0.5) is 10.1 Å². The first kappa shape index (κ1) is 15.2. The summed E-state index contributed by atoms with van der Waals surface area (Å²) in [6, 6.07) is 4.29. The molecule has 0 radical (unpaired) electrons. The van der Waals surface area contributed by atoms with Gasteiger partial charge in [-0.3, -0.25) is 9.69 Å². The number of halogens is 2. The van der Waals surface area contributed by atoms with Gasteiger partial charge in [0.05, 0.1) is 12.3 Å². The van der Waals surface area contributed by atoms with E-state index in [-0.39, 0.29) is 30.7 Å². The smallest absolute Gasteiger partial charge is 0.225 e. The van der Waals surface area contributed by atoms with Gasteiger partial charge in [-0.15, -0.1) is 0 Å². The molecule has 2 N–H and O–H groups in total. The van der Waals surface area contributed by atoms with Crippen LogP contribution in [0, 0.1) is 5.82 Å². The number of carbonyl (C=O) groups is 1. The summed E-state index contributed by atoms with van der Waals surface area (Å²) in [5.74, 6) is -0.782. The van der Waals surface area contributed by atoms with E-state index in [0.717, 1.165) is 19.4 Å². The second-order valence-corrected chi connectivity index (χ2v) is 5.37. The van der Waals surface area contributed by atoms with Crippen LogP contribution in [0.5, 0.6) is 0 Å². The molecule has 0 aromatic heterocycles. The Morgan fingerprint density at radius 3 is 3.05 bits per heavy atom. The molecular weight excluding hydrogens is 283 g/mol. The maximum atomic E-state index is 13.5. The average Bonchev–Trinajstić information content (AvgIpc) is 2.87. The highest BCUT2D eigenvalue weighted by Crippen LogP contribution is 2.20. The summed E-state index contributed by atoms with van der Waals surface area (Å²) < 4.78 is 13.5. The fraction of sp³-hybridized carbons (Fsp3) is 0.500. The van der Waals surface area contributed by atoms with Crippen molar-refractivity contribution in [3.05, 3.63) is 29.0 Å². The van der Waals surface area contributed by atoms with Crippen molar-refractivity contribution in [1.82, 2.24) is 4.90 Å². The summed E-state index contributed by atoms with van der Waals surface area (Å²) in [7, 11) is 0. The molecule has 1 atom stereocenters. The van der Waals surface area contributed by atoms with Crippen LogP contribution in [0.1, 0.15) is 19.3 Å². The van der Waals surface area contributed by atoms with Crippen LogP contribution in [0.15, 0.2) is 18.2 Å². The fourth-order valence-electron chi connectivity index (χ4n) is 2.44. The molecule has 1 heterocycles. The highest BCUT2D eigenvalue weighted by Gasteiger charge is 2.23. The van der Waals surface area contributed by atoms with E-state index in [1.165, 1.54) is 18.2 Å². The van der Waals surface area contributed by atoms with Gasteiger partial charge in [-0.2, -0.15) is 0 Å². The lowest BCUT2D eigenvalue weighted by molar-refractivity contribution is -0.116. The number of rotatable bonds is 5. The Bertz CT molecular complexity index is 484. The van der Waals surface area contributed by atoms with E-state index in [1.54, 1.807) is 0 Å². The van der Waals surface area contributed by atoms with Gasteiger partial charge in [0.2, 0.25) is 5.91 Å². The minimum absolute atomic E-state index is 0.118. The number of nitrogens with zero attached hydrogens (tertiary/aromatic N) is 1. The Kier molecular flexibility index (Phi) is 5.34. The number of carbonyl (C=O) groups excluding carboxylic acids is 1. The second kappa shape index (κ2) is 7.02. The van der Waals surface area contributed by atoms with Crippen LogP contribution in [0.3, 0.4) is 0 Å². The number of benzene rings is 1. The van der Waals surface area contributed by atoms with Crippen LogP contribution < -0.4 is 5.32 Å². The zero-order valence-corrected chi connectivity index (χ0v) is 11.9. The maximum Gasteiger partial charge on any atom is 0.225 e. The number of nitrogens with one attached hydrogen (secondary N) is 1. The summed E-state index contributed by atoms with van der Waals surface area (Å²) in [5.41, 5.74) is 0.138. The summed E-state index contributed by atoms with van der Waals surface area (Å²) >= 11 is 5.65. The molecule has 4 nitrogen and oxygen atoms in total. The van der Waals surface area contributed by atoms with Crippen molar-refractivity contribution in [3.63, 3.8) is 0 Å². The molecule has 1 fully saturated rings. The summed E-state index contributed by atoms with van der Waals surface area (Å²) in [5, 5.41) is 12.0. The lowest BCUT2D eigenvalue weighted by Crippen LogP contribution is -2.34. The first-order chi connectivity index (χ1) is 9.60. The molecule has 110 valence electrons. The Balaban J connectivity index is 1.83. The number of hydrogen-bond acceptors (Lipinski definition) is 3. The minimum atomic E-state index is -0.541. The van der Waals surface area contributed by atoms with Gasteiger partial charge in [0.15, 0.2) is 0 Å². The number of amides is 1. The van der Waals surface area contributed by atoms with Crippen molar-refractivity contribution < 1.29 is 14.3 Å². The predicted octanol–water partition coefficient (Wildman–Crippen LogP) is 2.26. The van der Waals surface area contributed by atoms with E-state index in [9.17, 15) is 14.3 Å². The van der Waals surface area contributed by atoms with E-state index in [4.69, 9.17) is 11.6 Å². The van der Waals surface area contributed by atoms with Crippen LogP contribution in [-0.4, -0.2) is 41.7 Å². The standard InChI is InChI=1S/C14H18ClFN2O2/c15-10-3-4-13(12(16)8-10)17-14(20)5-7-18-6-1-2-11(18)9-19/h3-4,8,11,19H,1-2,5-7,9H2,(H,17,20)/t11-/m1/s1. The summed E-state index contributed by atoms with van der Waals surface area (Å²) in [6.07, 6.45) is 2.28. The normalized spacial score (nSPS) is 19.2. The Labute approximate surface area is 122 Å². The highest BCUT2D eigenvalue weighted by atomic mass is 35.5. The number of likely N-dealkylation sites (tertiary alicyclic amines) is 1. The number of aliphatic hydroxyl groups excluding tert-OH is 1. The molecule has 1 aromatic carbocycles. The van der Waals surface area contributed by atoms with Crippen LogP contribution in [0.2, 0.25) is 5.02 Å². The first-order valence-electron chi connectivity index (χ1n) is 6.70. The fourth-order valence-corrected chi connectivity index (χ4v) is 2.60. The molecule has 2 rings (SSSR count). The maximum absolute atomic E-state index is 13.5. The summed E-state index contributed by atoms with van der Waals surface area (Å²) in [4.78, 5) is 13.9. The lowest BCUT2D eigenvalue weighted by atomic mass is 10.2. The largest absolute Gasteiger partial charge is 0.395 e. The first-order valence-corrected chi connectivity index (χ1v) is 7.08. The van der Waals surface area contributed by atoms with Gasteiger partial charge in [-0.05, 0) is 37.6 Å². The van der Waals surface area contributed by atoms with E-state index < -0.39 is 5.82 Å². The lowest BCUT2D eigenvalue weighted by Gasteiger charge is -2.22. The van der Waals surface area contributed by atoms with Gasteiger partial charge in [0, 0.05) is 24.0 Å². The molecule has 0 aliphatic carbocycles. The van der Waals surface area contributed by atoms with Gasteiger partial charge < -0.3 is 10.4 Å². The number of anilines is 1. The monoisotopic (exact) mass is 300 g/mol. The predicted molar refractivity (Wildman–Crippen MR) is 76.3 cm³/mol. The van der Waals surface area contributed by atoms with E-state index in [2.05, 4.69) is 10.2 Å². The Hall–Kier alpha value is -1.17. The molecule has 1 aromatic rings. The molecule has 0 saturated carbocycles. The molecule has 1 saturated heterocycles. The molecule has 0 spiro atoms. The molecule has 1 aliphatic rings. The van der Waals surface area contributed by atoms with E-state index >= 15 is 0 Å². The zero-order valence-electron chi connectivity index (χ0n) is 11.1. The Morgan fingerprint density at radius 1 is 1.55 bits per heavy atom. The quantitative estimate of drug-likeness (QED) is 0.877. The zero-order chi connectivity index (χ0) is 14.5. The molecule has 0 bridgehead atoms. The average molecular weight is 301 g/mol. The molecule has 6 heteroatoms. The van der Waals surface area contributed by atoms with Crippen LogP contribution in [-0.2, 0) is 4.79 Å². The Morgan fingerprint density at radius 2 is 2.35 bits per heavy atom. The number of aliphatic hydroxyl groups is 1. The molecule has 1 amide bonds. The highest BCUT2D eigenvalue weighted by molar-refractivity contribution is 6.30. The SMILES string of the molecule is O=C(CCN1CCC[C@@H]1CO)Nc1ccc(Cl)cc1F. The topological polar surface area (TPSA) is 52.6 Å². The van der Waals surface area contributed by atoms with Crippen LogP contribution in [0.25, 0.3) is 0 Å². The van der Waals surface area contributed by atoms with Crippen molar-refractivity contribution in [2.24, 2.45) is 0 Å².